The Balaban J connectivity index is 1.39. The van der Waals surface area contributed by atoms with Gasteiger partial charge >= 0.3 is 0 Å². The Morgan fingerprint density at radius 1 is 0.704 bits per heavy atom. The highest BCUT2D eigenvalue weighted by atomic mass is 14.5. The lowest BCUT2D eigenvalue weighted by Crippen LogP contribution is -2.32. The molecule has 1 nitrogen and oxygen atoms in total. The Kier molecular flexibility index (Phi) is 8.10. The van der Waals surface area contributed by atoms with E-state index in [2.05, 4.69) is 19.9 Å². The Hall–Kier alpha value is -0.510. The van der Waals surface area contributed by atoms with Crippen molar-refractivity contribution >= 4 is 0 Å². The third-order valence-corrected chi connectivity index (χ3v) is 8.97. The van der Waals surface area contributed by atoms with Crippen LogP contribution in [0.3, 0.4) is 0 Å². The van der Waals surface area contributed by atoms with E-state index < -0.39 is 0 Å². The van der Waals surface area contributed by atoms with E-state index in [-0.39, 0.29) is 5.41 Å². The van der Waals surface area contributed by atoms with E-state index in [1.54, 1.807) is 0 Å². The van der Waals surface area contributed by atoms with Crippen LogP contribution in [0.15, 0.2) is 0 Å². The molecule has 0 aromatic carbocycles. The zero-order valence-corrected chi connectivity index (χ0v) is 18.4. The molecule has 0 N–H and O–H groups in total. The van der Waals surface area contributed by atoms with Crippen LogP contribution in [0.2, 0.25) is 0 Å². The molecule has 1 heteroatoms. The van der Waals surface area contributed by atoms with Crippen LogP contribution in [0.1, 0.15) is 123 Å². The summed E-state index contributed by atoms with van der Waals surface area (Å²) >= 11 is 0. The van der Waals surface area contributed by atoms with Crippen molar-refractivity contribution < 1.29 is 0 Å². The van der Waals surface area contributed by atoms with Crippen molar-refractivity contribution in [3.8, 4) is 6.07 Å². The first-order chi connectivity index (χ1) is 13.2. The Morgan fingerprint density at radius 3 is 1.63 bits per heavy atom. The molecule has 3 aliphatic rings. The zero-order valence-electron chi connectivity index (χ0n) is 18.4. The van der Waals surface area contributed by atoms with Gasteiger partial charge in [0.2, 0.25) is 0 Å². The molecule has 3 saturated carbocycles. The maximum atomic E-state index is 9.75. The second-order valence-corrected chi connectivity index (χ2v) is 10.6. The smallest absolute Gasteiger partial charge is 0.0689 e. The fraction of sp³-hybridized carbons (Fsp3) is 0.962. The van der Waals surface area contributed by atoms with Crippen LogP contribution in [0, 0.1) is 46.3 Å². The molecule has 27 heavy (non-hydrogen) atoms. The molecule has 0 aromatic heterocycles. The number of unbranched alkanes of at least 4 members (excludes halogenated alkanes) is 1. The van der Waals surface area contributed by atoms with E-state index in [1.165, 1.54) is 103 Å². The maximum Gasteiger partial charge on any atom is 0.0689 e. The first kappa shape index (κ1) is 21.2. The third-order valence-electron chi connectivity index (χ3n) is 8.97. The molecule has 0 bridgehead atoms. The molecule has 0 radical (unpaired) electrons. The van der Waals surface area contributed by atoms with Crippen molar-refractivity contribution in [1.82, 2.24) is 0 Å². The van der Waals surface area contributed by atoms with Gasteiger partial charge in [0.1, 0.15) is 0 Å². The average Bonchev–Trinajstić information content (AvgIpc) is 2.74. The molecule has 0 aliphatic heterocycles. The van der Waals surface area contributed by atoms with Gasteiger partial charge < -0.3 is 0 Å². The fourth-order valence-electron chi connectivity index (χ4n) is 7.04. The van der Waals surface area contributed by atoms with E-state index in [0.29, 0.717) is 0 Å². The number of hydrogen-bond acceptors (Lipinski definition) is 1. The third kappa shape index (κ3) is 5.52. The summed E-state index contributed by atoms with van der Waals surface area (Å²) in [5.41, 5.74) is 0.0425. The standard InChI is InChI=1S/C26H45N/c1-3-5-17-26(20-27)18-15-25(16-19-26)24-13-11-23(12-14-24)22-9-7-21(6-4-2)8-10-22/h21-25H,3-19H2,1-2H3. The van der Waals surface area contributed by atoms with Crippen LogP contribution in [-0.2, 0) is 0 Å². The highest BCUT2D eigenvalue weighted by Crippen LogP contribution is 2.49. The van der Waals surface area contributed by atoms with E-state index in [9.17, 15) is 5.26 Å². The predicted octanol–water partition coefficient (Wildman–Crippen LogP) is 8.29. The lowest BCUT2D eigenvalue weighted by Gasteiger charge is -2.43. The van der Waals surface area contributed by atoms with Gasteiger partial charge in [-0.15, -0.1) is 0 Å². The molecule has 0 amide bonds. The van der Waals surface area contributed by atoms with Crippen LogP contribution in [0.4, 0.5) is 0 Å². The second kappa shape index (κ2) is 10.3. The highest BCUT2D eigenvalue weighted by molar-refractivity contribution is 5.02. The molecule has 0 spiro atoms. The minimum absolute atomic E-state index is 0.0425. The molecule has 0 saturated heterocycles. The highest BCUT2D eigenvalue weighted by Gasteiger charge is 2.39. The van der Waals surface area contributed by atoms with Gasteiger partial charge in [0.15, 0.2) is 0 Å². The lowest BCUT2D eigenvalue weighted by molar-refractivity contribution is 0.0900. The van der Waals surface area contributed by atoms with E-state index in [1.807, 2.05) is 0 Å². The van der Waals surface area contributed by atoms with Gasteiger partial charge in [-0.2, -0.15) is 5.26 Å². The van der Waals surface area contributed by atoms with Gasteiger partial charge in [-0.25, -0.2) is 0 Å². The van der Waals surface area contributed by atoms with Crippen molar-refractivity contribution in [3.05, 3.63) is 0 Å². The number of rotatable bonds is 7. The van der Waals surface area contributed by atoms with Crippen molar-refractivity contribution in [1.29, 1.82) is 5.26 Å². The van der Waals surface area contributed by atoms with Gasteiger partial charge in [-0.1, -0.05) is 52.4 Å². The van der Waals surface area contributed by atoms with Crippen molar-refractivity contribution in [2.24, 2.45) is 35.0 Å². The number of nitrogens with zero attached hydrogens (tertiary/aromatic N) is 1. The summed E-state index contributed by atoms with van der Waals surface area (Å²) in [6, 6.07) is 2.74. The fourth-order valence-corrected chi connectivity index (χ4v) is 7.04. The summed E-state index contributed by atoms with van der Waals surface area (Å²) in [7, 11) is 0. The Labute approximate surface area is 169 Å². The Bertz CT molecular complexity index is 451. The molecular weight excluding hydrogens is 326 g/mol. The quantitative estimate of drug-likeness (QED) is 0.441. The van der Waals surface area contributed by atoms with E-state index in [0.717, 1.165) is 36.0 Å². The molecule has 3 fully saturated rings. The molecule has 0 atom stereocenters. The second-order valence-electron chi connectivity index (χ2n) is 10.6. The van der Waals surface area contributed by atoms with Crippen LogP contribution >= 0.6 is 0 Å². The van der Waals surface area contributed by atoms with Crippen molar-refractivity contribution in [2.45, 2.75) is 123 Å². The summed E-state index contributed by atoms with van der Waals surface area (Å²) in [6.07, 6.45) is 23.7. The van der Waals surface area contributed by atoms with E-state index in [4.69, 9.17) is 0 Å². The molecule has 3 rings (SSSR count). The average molecular weight is 372 g/mol. The minimum Gasteiger partial charge on any atom is -0.198 e. The maximum absolute atomic E-state index is 9.75. The van der Waals surface area contributed by atoms with Gasteiger partial charge in [0.25, 0.3) is 0 Å². The molecule has 0 aromatic rings. The lowest BCUT2D eigenvalue weighted by atomic mass is 9.62. The summed E-state index contributed by atoms with van der Waals surface area (Å²) in [6.45, 7) is 4.61. The summed E-state index contributed by atoms with van der Waals surface area (Å²) in [5, 5.41) is 9.75. The van der Waals surface area contributed by atoms with Crippen molar-refractivity contribution in [2.75, 3.05) is 0 Å². The minimum atomic E-state index is 0.0425. The first-order valence-electron chi connectivity index (χ1n) is 12.6. The van der Waals surface area contributed by atoms with E-state index >= 15 is 0 Å². The van der Waals surface area contributed by atoms with Crippen LogP contribution in [0.5, 0.6) is 0 Å². The molecule has 0 heterocycles. The number of nitriles is 1. The largest absolute Gasteiger partial charge is 0.198 e. The Morgan fingerprint density at radius 2 is 1.19 bits per heavy atom. The molecule has 154 valence electrons. The normalized spacial score (nSPS) is 40.4. The van der Waals surface area contributed by atoms with Crippen LogP contribution in [-0.4, -0.2) is 0 Å². The number of hydrogen-bond donors (Lipinski definition) is 0. The monoisotopic (exact) mass is 371 g/mol. The van der Waals surface area contributed by atoms with Gasteiger partial charge in [-0.05, 0) is 100 Å². The summed E-state index contributed by atoms with van der Waals surface area (Å²) in [5.74, 6) is 5.09. The summed E-state index contributed by atoms with van der Waals surface area (Å²) in [4.78, 5) is 0. The SMILES string of the molecule is CCCCC1(C#N)CCC(C2CCC(C3CCC(CCC)CC3)CC2)CC1. The topological polar surface area (TPSA) is 23.8 Å². The van der Waals surface area contributed by atoms with Gasteiger partial charge in [-0.3, -0.25) is 0 Å². The van der Waals surface area contributed by atoms with Crippen LogP contribution < -0.4 is 0 Å². The van der Waals surface area contributed by atoms with Crippen molar-refractivity contribution in [3.63, 3.8) is 0 Å². The van der Waals surface area contributed by atoms with Crippen LogP contribution in [0.25, 0.3) is 0 Å². The summed E-state index contributed by atoms with van der Waals surface area (Å²) < 4.78 is 0. The molecule has 3 aliphatic carbocycles. The molecule has 0 unspecified atom stereocenters. The molecular formula is C26H45N. The first-order valence-corrected chi connectivity index (χ1v) is 12.6. The van der Waals surface area contributed by atoms with Gasteiger partial charge in [0, 0.05) is 0 Å². The predicted molar refractivity (Wildman–Crippen MR) is 115 cm³/mol. The van der Waals surface area contributed by atoms with Gasteiger partial charge in [0.05, 0.1) is 11.5 Å². The zero-order chi connectivity index (χ0) is 19.1.